The molecule has 0 unspecified atom stereocenters. The summed E-state index contributed by atoms with van der Waals surface area (Å²) < 4.78 is 0. The molecular formula is C15H22N4O2. The first-order chi connectivity index (χ1) is 9.84. The number of carboxylic acid groups (broad SMARTS) is 1. The number of nitrogens with one attached hydrogen (secondary N) is 1. The van der Waals surface area contributed by atoms with E-state index in [9.17, 15) is 10.1 Å². The van der Waals surface area contributed by atoms with Crippen LogP contribution in [0.3, 0.4) is 0 Å². The van der Waals surface area contributed by atoms with E-state index in [4.69, 9.17) is 5.11 Å². The second-order valence-electron chi connectivity index (χ2n) is 5.57. The Morgan fingerprint density at radius 1 is 1.33 bits per heavy atom. The van der Waals surface area contributed by atoms with Crippen LogP contribution in [0.1, 0.15) is 57.4 Å². The molecule has 114 valence electrons. The molecule has 0 aliphatic rings. The predicted molar refractivity (Wildman–Crippen MR) is 80.1 cm³/mol. The lowest BCUT2D eigenvalue weighted by Crippen LogP contribution is -2.33. The van der Waals surface area contributed by atoms with Gasteiger partial charge in [-0.3, -0.25) is 4.79 Å². The molecular weight excluding hydrogens is 268 g/mol. The highest BCUT2D eigenvalue weighted by Gasteiger charge is 2.23. The third-order valence-corrected chi connectivity index (χ3v) is 3.38. The zero-order chi connectivity index (χ0) is 16.0. The SMILES string of the molecule is CCc1nnc(NC(C)(C)CCC(=O)O)c(C#N)c1CC. The first kappa shape index (κ1) is 16.9. The fraction of sp³-hybridized carbons (Fsp3) is 0.600. The van der Waals surface area contributed by atoms with Crippen molar-refractivity contribution in [2.75, 3.05) is 5.32 Å². The zero-order valence-electron chi connectivity index (χ0n) is 13.0. The predicted octanol–water partition coefficient (Wildman–Crippen LogP) is 2.53. The highest BCUT2D eigenvalue weighted by atomic mass is 16.4. The van der Waals surface area contributed by atoms with Gasteiger partial charge >= 0.3 is 5.97 Å². The highest BCUT2D eigenvalue weighted by molar-refractivity contribution is 5.67. The van der Waals surface area contributed by atoms with Gasteiger partial charge in [0.25, 0.3) is 0 Å². The average molecular weight is 290 g/mol. The Morgan fingerprint density at radius 2 is 2.00 bits per heavy atom. The lowest BCUT2D eigenvalue weighted by Gasteiger charge is -2.27. The van der Waals surface area contributed by atoms with Crippen molar-refractivity contribution in [2.45, 2.75) is 58.9 Å². The molecule has 1 aromatic rings. The summed E-state index contributed by atoms with van der Waals surface area (Å²) in [6.07, 6.45) is 1.94. The number of carboxylic acids is 1. The Morgan fingerprint density at radius 3 is 2.48 bits per heavy atom. The molecule has 0 aliphatic heterocycles. The van der Waals surface area contributed by atoms with E-state index in [1.54, 1.807) is 0 Å². The van der Waals surface area contributed by atoms with E-state index in [1.807, 2.05) is 27.7 Å². The molecule has 6 nitrogen and oxygen atoms in total. The van der Waals surface area contributed by atoms with Crippen molar-refractivity contribution >= 4 is 11.8 Å². The Bertz CT molecular complexity index is 562. The number of hydrogen-bond donors (Lipinski definition) is 2. The second kappa shape index (κ2) is 7.02. The molecule has 1 heterocycles. The minimum absolute atomic E-state index is 0.0585. The maximum absolute atomic E-state index is 10.7. The van der Waals surface area contributed by atoms with E-state index in [0.29, 0.717) is 24.2 Å². The van der Waals surface area contributed by atoms with Crippen LogP contribution in [0.4, 0.5) is 5.82 Å². The number of nitriles is 1. The summed E-state index contributed by atoms with van der Waals surface area (Å²) in [6, 6.07) is 2.20. The molecule has 0 atom stereocenters. The normalized spacial score (nSPS) is 11.0. The van der Waals surface area contributed by atoms with Gasteiger partial charge in [0.15, 0.2) is 5.82 Å². The fourth-order valence-corrected chi connectivity index (χ4v) is 2.18. The van der Waals surface area contributed by atoms with Gasteiger partial charge in [0.2, 0.25) is 0 Å². The Labute approximate surface area is 125 Å². The molecule has 0 fully saturated rings. The molecule has 21 heavy (non-hydrogen) atoms. The number of anilines is 1. The largest absolute Gasteiger partial charge is 0.481 e. The van der Waals surface area contributed by atoms with Gasteiger partial charge in [0.1, 0.15) is 11.6 Å². The maximum atomic E-state index is 10.7. The Balaban J connectivity index is 3.09. The van der Waals surface area contributed by atoms with Gasteiger partial charge < -0.3 is 10.4 Å². The number of aromatic nitrogens is 2. The lowest BCUT2D eigenvalue weighted by molar-refractivity contribution is -0.137. The average Bonchev–Trinajstić information content (AvgIpc) is 2.44. The van der Waals surface area contributed by atoms with Crippen LogP contribution in [0.5, 0.6) is 0 Å². The fourth-order valence-electron chi connectivity index (χ4n) is 2.18. The first-order valence-electron chi connectivity index (χ1n) is 7.13. The van der Waals surface area contributed by atoms with Gasteiger partial charge in [-0.25, -0.2) is 0 Å². The summed E-state index contributed by atoms with van der Waals surface area (Å²) in [5.41, 5.74) is 1.78. The van der Waals surface area contributed by atoms with Gasteiger partial charge in [0, 0.05) is 12.0 Å². The van der Waals surface area contributed by atoms with Gasteiger partial charge in [-0.15, -0.1) is 5.10 Å². The van der Waals surface area contributed by atoms with E-state index in [0.717, 1.165) is 17.7 Å². The smallest absolute Gasteiger partial charge is 0.303 e. The van der Waals surface area contributed by atoms with Crippen molar-refractivity contribution in [3.05, 3.63) is 16.8 Å². The number of aryl methyl sites for hydroxylation is 1. The summed E-state index contributed by atoms with van der Waals surface area (Å²) in [4.78, 5) is 10.7. The van der Waals surface area contributed by atoms with Crippen LogP contribution < -0.4 is 5.32 Å². The molecule has 0 saturated carbocycles. The maximum Gasteiger partial charge on any atom is 0.303 e. The molecule has 0 radical (unpaired) electrons. The molecule has 0 spiro atoms. The molecule has 2 N–H and O–H groups in total. The number of aliphatic carboxylic acids is 1. The van der Waals surface area contributed by atoms with Crippen molar-refractivity contribution in [2.24, 2.45) is 0 Å². The van der Waals surface area contributed by atoms with Crippen molar-refractivity contribution in [3.63, 3.8) is 0 Å². The molecule has 0 amide bonds. The van der Waals surface area contributed by atoms with Crippen molar-refractivity contribution in [3.8, 4) is 6.07 Å². The van der Waals surface area contributed by atoms with Crippen LogP contribution in [-0.4, -0.2) is 26.8 Å². The molecule has 0 bridgehead atoms. The molecule has 1 rings (SSSR count). The number of nitrogens with zero attached hydrogens (tertiary/aromatic N) is 3. The molecule has 0 saturated heterocycles. The van der Waals surface area contributed by atoms with Crippen molar-refractivity contribution in [1.82, 2.24) is 10.2 Å². The molecule has 1 aromatic heterocycles. The third kappa shape index (κ3) is 4.42. The summed E-state index contributed by atoms with van der Waals surface area (Å²) in [6.45, 7) is 7.74. The summed E-state index contributed by atoms with van der Waals surface area (Å²) >= 11 is 0. The molecule has 6 heteroatoms. The van der Waals surface area contributed by atoms with Crippen LogP contribution in [-0.2, 0) is 17.6 Å². The van der Waals surface area contributed by atoms with Gasteiger partial charge in [-0.1, -0.05) is 13.8 Å². The van der Waals surface area contributed by atoms with Crippen LogP contribution in [0.25, 0.3) is 0 Å². The monoisotopic (exact) mass is 290 g/mol. The lowest BCUT2D eigenvalue weighted by atomic mass is 9.97. The standard InChI is InChI=1S/C15H22N4O2/c1-5-10-11(9-16)14(19-18-12(10)6-2)17-15(3,4)8-7-13(20)21/h5-8H2,1-4H3,(H,17,19)(H,20,21). The van der Waals surface area contributed by atoms with Crippen molar-refractivity contribution < 1.29 is 9.90 Å². The van der Waals surface area contributed by atoms with Gasteiger partial charge in [0.05, 0.1) is 5.69 Å². The zero-order valence-corrected chi connectivity index (χ0v) is 13.0. The molecule has 0 aliphatic carbocycles. The second-order valence-corrected chi connectivity index (χ2v) is 5.57. The van der Waals surface area contributed by atoms with Crippen LogP contribution in [0.15, 0.2) is 0 Å². The van der Waals surface area contributed by atoms with E-state index in [2.05, 4.69) is 21.6 Å². The molecule has 0 aromatic carbocycles. The minimum atomic E-state index is -0.841. The van der Waals surface area contributed by atoms with Gasteiger partial charge in [-0.2, -0.15) is 10.4 Å². The highest BCUT2D eigenvalue weighted by Crippen LogP contribution is 2.24. The van der Waals surface area contributed by atoms with Crippen LogP contribution in [0.2, 0.25) is 0 Å². The number of hydrogen-bond acceptors (Lipinski definition) is 5. The first-order valence-corrected chi connectivity index (χ1v) is 7.13. The van der Waals surface area contributed by atoms with E-state index in [-0.39, 0.29) is 6.42 Å². The summed E-state index contributed by atoms with van der Waals surface area (Å²) in [5, 5.41) is 29.6. The Hall–Kier alpha value is -2.16. The number of rotatable bonds is 7. The minimum Gasteiger partial charge on any atom is -0.481 e. The van der Waals surface area contributed by atoms with E-state index in [1.165, 1.54) is 0 Å². The third-order valence-electron chi connectivity index (χ3n) is 3.38. The van der Waals surface area contributed by atoms with E-state index < -0.39 is 11.5 Å². The van der Waals surface area contributed by atoms with Gasteiger partial charge in [-0.05, 0) is 38.7 Å². The Kier molecular flexibility index (Phi) is 5.65. The van der Waals surface area contributed by atoms with Crippen LogP contribution in [0, 0.1) is 11.3 Å². The topological polar surface area (TPSA) is 98.9 Å². The van der Waals surface area contributed by atoms with Crippen molar-refractivity contribution in [1.29, 1.82) is 5.26 Å². The van der Waals surface area contributed by atoms with Crippen LogP contribution >= 0.6 is 0 Å². The summed E-state index contributed by atoms with van der Waals surface area (Å²) in [5.74, 6) is -0.408. The summed E-state index contributed by atoms with van der Waals surface area (Å²) in [7, 11) is 0. The quantitative estimate of drug-likeness (QED) is 0.800. The number of carbonyl (C=O) groups is 1. The van der Waals surface area contributed by atoms with E-state index >= 15 is 0 Å².